The summed E-state index contributed by atoms with van der Waals surface area (Å²) in [6.07, 6.45) is 0. The Labute approximate surface area is 80.1 Å². The molecule has 0 radical (unpaired) electrons. The summed E-state index contributed by atoms with van der Waals surface area (Å²) < 4.78 is 4.69. The van der Waals surface area contributed by atoms with Crippen LogP contribution < -0.4 is 10.5 Å². The number of carboxylic acid groups (broad SMARTS) is 1. The van der Waals surface area contributed by atoms with Crippen LogP contribution in [0.2, 0.25) is 0 Å². The van der Waals surface area contributed by atoms with E-state index < -0.39 is 11.9 Å². The maximum Gasteiger partial charge on any atom is 0.339 e. The smallest absolute Gasteiger partial charge is 0.339 e. The van der Waals surface area contributed by atoms with Gasteiger partial charge in [-0.05, 0) is 12.1 Å². The van der Waals surface area contributed by atoms with Crippen molar-refractivity contribution in [3.63, 3.8) is 0 Å². The number of rotatable bonds is 2. The van der Waals surface area contributed by atoms with Crippen LogP contribution in [0.4, 0.5) is 5.69 Å². The molecular weight excluding hydrogens is 186 g/mol. The lowest BCUT2D eigenvalue weighted by Crippen LogP contribution is -2.07. The molecule has 3 N–H and O–H groups in total. The number of ether oxygens (including phenoxy) is 1. The third-order valence-electron chi connectivity index (χ3n) is 1.49. The van der Waals surface area contributed by atoms with Crippen LogP contribution in [0.1, 0.15) is 17.3 Å². The van der Waals surface area contributed by atoms with Gasteiger partial charge in [-0.2, -0.15) is 0 Å². The minimum Gasteiger partial charge on any atom is -0.478 e. The second-order valence-electron chi connectivity index (χ2n) is 2.65. The van der Waals surface area contributed by atoms with Gasteiger partial charge in [-0.25, -0.2) is 4.79 Å². The van der Waals surface area contributed by atoms with E-state index in [1.54, 1.807) is 0 Å². The third kappa shape index (κ3) is 2.22. The molecule has 0 aliphatic heterocycles. The van der Waals surface area contributed by atoms with Crippen molar-refractivity contribution in [2.24, 2.45) is 0 Å². The molecule has 0 saturated carbocycles. The Morgan fingerprint density at radius 1 is 1.43 bits per heavy atom. The van der Waals surface area contributed by atoms with Crippen molar-refractivity contribution in [3.8, 4) is 5.75 Å². The van der Waals surface area contributed by atoms with Crippen molar-refractivity contribution >= 4 is 17.6 Å². The molecule has 0 fully saturated rings. The molecular formula is C9H9NO4. The predicted molar refractivity (Wildman–Crippen MR) is 49.1 cm³/mol. The molecule has 0 spiro atoms. The van der Waals surface area contributed by atoms with E-state index in [0.29, 0.717) is 5.69 Å². The molecule has 1 rings (SSSR count). The number of esters is 1. The maximum atomic E-state index is 10.7. The standard InChI is InChI=1S/C9H9NO4/c1-5(11)14-8-4-6(10)2-3-7(8)9(12)13/h2-4H,10H2,1H3,(H,12,13). The van der Waals surface area contributed by atoms with Gasteiger partial charge < -0.3 is 15.6 Å². The van der Waals surface area contributed by atoms with Gasteiger partial charge in [-0.3, -0.25) is 4.79 Å². The summed E-state index contributed by atoms with van der Waals surface area (Å²) in [5.74, 6) is -1.79. The SMILES string of the molecule is CC(=O)Oc1cc(N)ccc1C(=O)O. The molecule has 5 heteroatoms. The van der Waals surface area contributed by atoms with Gasteiger partial charge in [0.1, 0.15) is 11.3 Å². The summed E-state index contributed by atoms with van der Waals surface area (Å²) in [5.41, 5.74) is 5.67. The number of carbonyl (C=O) groups excluding carboxylic acids is 1. The highest BCUT2D eigenvalue weighted by molar-refractivity contribution is 5.92. The number of hydrogen-bond acceptors (Lipinski definition) is 4. The van der Waals surface area contributed by atoms with Gasteiger partial charge in [0, 0.05) is 18.7 Å². The zero-order valence-electron chi connectivity index (χ0n) is 7.48. The average Bonchev–Trinajstić information content (AvgIpc) is 2.01. The molecule has 0 heterocycles. The number of carbonyl (C=O) groups is 2. The molecule has 74 valence electrons. The van der Waals surface area contributed by atoms with Gasteiger partial charge in [0.2, 0.25) is 0 Å². The molecule has 5 nitrogen and oxygen atoms in total. The first-order valence-corrected chi connectivity index (χ1v) is 3.82. The van der Waals surface area contributed by atoms with Crippen molar-refractivity contribution in [1.82, 2.24) is 0 Å². The minimum absolute atomic E-state index is 0.0370. The third-order valence-corrected chi connectivity index (χ3v) is 1.49. The highest BCUT2D eigenvalue weighted by Crippen LogP contribution is 2.21. The van der Waals surface area contributed by atoms with E-state index in [1.807, 2.05) is 0 Å². The van der Waals surface area contributed by atoms with E-state index in [2.05, 4.69) is 4.74 Å². The molecule has 0 saturated heterocycles. The first kappa shape index (κ1) is 10.0. The number of anilines is 1. The Morgan fingerprint density at radius 3 is 2.57 bits per heavy atom. The minimum atomic E-state index is -1.17. The Bertz CT molecular complexity index is 386. The number of carboxylic acids is 1. The lowest BCUT2D eigenvalue weighted by molar-refractivity contribution is -0.131. The number of benzene rings is 1. The molecule has 0 atom stereocenters. The number of aromatic carboxylic acids is 1. The molecule has 0 aliphatic carbocycles. The van der Waals surface area contributed by atoms with Crippen LogP contribution in [0, 0.1) is 0 Å². The Balaban J connectivity index is 3.15. The summed E-state index contributed by atoms with van der Waals surface area (Å²) in [6, 6.07) is 4.01. The van der Waals surface area contributed by atoms with Crippen molar-refractivity contribution in [2.45, 2.75) is 6.92 Å². The highest BCUT2D eigenvalue weighted by atomic mass is 16.5. The molecule has 0 bridgehead atoms. The van der Waals surface area contributed by atoms with Crippen LogP contribution in [-0.2, 0) is 4.79 Å². The Morgan fingerprint density at radius 2 is 2.07 bits per heavy atom. The highest BCUT2D eigenvalue weighted by Gasteiger charge is 2.12. The first-order chi connectivity index (χ1) is 6.50. The van der Waals surface area contributed by atoms with Gasteiger partial charge in [0.15, 0.2) is 0 Å². The number of nitrogens with two attached hydrogens (primary N) is 1. The van der Waals surface area contributed by atoms with Gasteiger partial charge >= 0.3 is 11.9 Å². The number of nitrogen functional groups attached to an aromatic ring is 1. The van der Waals surface area contributed by atoms with Crippen LogP contribution in [0.3, 0.4) is 0 Å². The van der Waals surface area contributed by atoms with Gasteiger partial charge in [0.05, 0.1) is 0 Å². The molecule has 0 aliphatic rings. The topological polar surface area (TPSA) is 89.6 Å². The largest absolute Gasteiger partial charge is 0.478 e. The van der Waals surface area contributed by atoms with E-state index >= 15 is 0 Å². The Hall–Kier alpha value is -2.04. The monoisotopic (exact) mass is 195 g/mol. The van der Waals surface area contributed by atoms with Crippen molar-refractivity contribution in [1.29, 1.82) is 0 Å². The molecule has 14 heavy (non-hydrogen) atoms. The quantitative estimate of drug-likeness (QED) is 0.415. The number of hydrogen-bond donors (Lipinski definition) is 2. The lowest BCUT2D eigenvalue weighted by Gasteiger charge is -2.05. The fourth-order valence-electron chi connectivity index (χ4n) is 0.955. The van der Waals surface area contributed by atoms with E-state index in [1.165, 1.54) is 25.1 Å². The fraction of sp³-hybridized carbons (Fsp3) is 0.111. The maximum absolute atomic E-state index is 10.7. The molecule has 0 aromatic heterocycles. The summed E-state index contributed by atoms with van der Waals surface area (Å²) in [7, 11) is 0. The summed E-state index contributed by atoms with van der Waals surface area (Å²) >= 11 is 0. The summed E-state index contributed by atoms with van der Waals surface area (Å²) in [6.45, 7) is 1.19. The summed E-state index contributed by atoms with van der Waals surface area (Å²) in [5, 5.41) is 8.74. The van der Waals surface area contributed by atoms with Crippen LogP contribution >= 0.6 is 0 Å². The fourth-order valence-corrected chi connectivity index (χ4v) is 0.955. The lowest BCUT2D eigenvalue weighted by atomic mass is 10.2. The van der Waals surface area contributed by atoms with E-state index in [0.717, 1.165) is 0 Å². The molecule has 0 unspecified atom stereocenters. The molecule has 0 amide bonds. The average molecular weight is 195 g/mol. The van der Waals surface area contributed by atoms with Crippen LogP contribution in [0.15, 0.2) is 18.2 Å². The van der Waals surface area contributed by atoms with Crippen molar-refractivity contribution in [2.75, 3.05) is 5.73 Å². The predicted octanol–water partition coefficient (Wildman–Crippen LogP) is 0.892. The summed E-state index contributed by atoms with van der Waals surface area (Å²) in [4.78, 5) is 21.3. The Kier molecular flexibility index (Phi) is 2.71. The van der Waals surface area contributed by atoms with Crippen molar-refractivity contribution < 1.29 is 19.4 Å². The second-order valence-corrected chi connectivity index (χ2v) is 2.65. The van der Waals surface area contributed by atoms with Gasteiger partial charge in [-0.1, -0.05) is 0 Å². The van der Waals surface area contributed by atoms with E-state index in [9.17, 15) is 9.59 Å². The van der Waals surface area contributed by atoms with E-state index in [4.69, 9.17) is 10.8 Å². The first-order valence-electron chi connectivity index (χ1n) is 3.82. The van der Waals surface area contributed by atoms with Crippen LogP contribution in [-0.4, -0.2) is 17.0 Å². The zero-order chi connectivity index (χ0) is 10.7. The molecule has 1 aromatic rings. The van der Waals surface area contributed by atoms with Crippen molar-refractivity contribution in [3.05, 3.63) is 23.8 Å². The second kappa shape index (κ2) is 3.78. The zero-order valence-corrected chi connectivity index (χ0v) is 7.48. The van der Waals surface area contributed by atoms with E-state index in [-0.39, 0.29) is 11.3 Å². The van der Waals surface area contributed by atoms with Gasteiger partial charge in [0.25, 0.3) is 0 Å². The van der Waals surface area contributed by atoms with Crippen LogP contribution in [0.25, 0.3) is 0 Å². The van der Waals surface area contributed by atoms with Gasteiger partial charge in [-0.15, -0.1) is 0 Å². The molecule has 1 aromatic carbocycles. The normalized spacial score (nSPS) is 9.50. The van der Waals surface area contributed by atoms with Crippen LogP contribution in [0.5, 0.6) is 5.75 Å².